The van der Waals surface area contributed by atoms with Crippen molar-refractivity contribution in [2.45, 2.75) is 6.92 Å². The van der Waals surface area contributed by atoms with Gasteiger partial charge in [0.2, 0.25) is 0 Å². The monoisotopic (exact) mass is 166 g/mol. The molecule has 0 saturated heterocycles. The molecule has 1 heterocycles. The minimum absolute atomic E-state index is 0.341. The highest BCUT2D eigenvalue weighted by molar-refractivity contribution is 5.86. The van der Waals surface area contributed by atoms with E-state index in [4.69, 9.17) is 0 Å². The van der Waals surface area contributed by atoms with Crippen molar-refractivity contribution in [3.8, 4) is 0 Å². The van der Waals surface area contributed by atoms with Gasteiger partial charge in [-0.3, -0.25) is 0 Å². The Labute approximate surface area is 70.3 Å². The molecule has 1 aromatic rings. The first-order valence-corrected chi connectivity index (χ1v) is 3.66. The summed E-state index contributed by atoms with van der Waals surface area (Å²) in [5.74, 6) is -0.341. The van der Waals surface area contributed by atoms with Gasteiger partial charge in [-0.2, -0.15) is 0 Å². The molecule has 0 unspecified atom stereocenters. The molecule has 0 aliphatic carbocycles. The van der Waals surface area contributed by atoms with E-state index in [9.17, 15) is 4.79 Å². The Morgan fingerprint density at radius 1 is 1.83 bits per heavy atom. The second-order valence-electron chi connectivity index (χ2n) is 2.09. The summed E-state index contributed by atoms with van der Waals surface area (Å²) in [6.45, 7) is 2.16. The van der Waals surface area contributed by atoms with Crippen LogP contribution in [0, 0.1) is 0 Å². The van der Waals surface area contributed by atoms with Crippen LogP contribution >= 0.6 is 0 Å². The molecular formula is C8H10N2O2. The molecule has 0 bridgehead atoms. The van der Waals surface area contributed by atoms with E-state index in [1.165, 1.54) is 6.08 Å². The Balaban J connectivity index is 2.45. The summed E-state index contributed by atoms with van der Waals surface area (Å²) in [5, 5.41) is 0. The first-order valence-electron chi connectivity index (χ1n) is 3.66. The summed E-state index contributed by atoms with van der Waals surface area (Å²) in [6, 6.07) is 0. The number of rotatable bonds is 3. The van der Waals surface area contributed by atoms with Gasteiger partial charge in [-0.1, -0.05) is 0 Å². The number of nitrogens with one attached hydrogen (secondary N) is 1. The third-order valence-electron chi connectivity index (χ3n) is 1.20. The van der Waals surface area contributed by atoms with Gasteiger partial charge in [0.15, 0.2) is 0 Å². The van der Waals surface area contributed by atoms with E-state index in [0.717, 1.165) is 5.69 Å². The first-order chi connectivity index (χ1) is 5.83. The molecule has 4 nitrogen and oxygen atoms in total. The number of H-pyrrole nitrogens is 1. The quantitative estimate of drug-likeness (QED) is 0.538. The van der Waals surface area contributed by atoms with Gasteiger partial charge in [0.1, 0.15) is 0 Å². The van der Waals surface area contributed by atoms with E-state index < -0.39 is 0 Å². The lowest BCUT2D eigenvalue weighted by Gasteiger charge is -1.92. The topological polar surface area (TPSA) is 55.0 Å². The molecule has 0 aliphatic rings. The highest BCUT2D eigenvalue weighted by atomic mass is 16.5. The highest BCUT2D eigenvalue weighted by Gasteiger charge is 1.93. The zero-order chi connectivity index (χ0) is 8.81. The molecule has 64 valence electrons. The number of hydrogen-bond acceptors (Lipinski definition) is 3. The standard InChI is InChI=1S/C8H10N2O2/c1-2-12-8(11)4-3-7-5-9-6-10-7/h3-6H,2H2,1H3,(H,9,10). The van der Waals surface area contributed by atoms with Gasteiger partial charge in [-0.05, 0) is 13.0 Å². The number of ether oxygens (including phenoxy) is 1. The molecule has 0 amide bonds. The number of aromatic nitrogens is 2. The Morgan fingerprint density at radius 2 is 2.67 bits per heavy atom. The number of nitrogens with zero attached hydrogens (tertiary/aromatic N) is 1. The second kappa shape index (κ2) is 4.33. The largest absolute Gasteiger partial charge is 0.463 e. The third-order valence-corrected chi connectivity index (χ3v) is 1.20. The Kier molecular flexibility index (Phi) is 3.07. The van der Waals surface area contributed by atoms with Crippen LogP contribution in [0.2, 0.25) is 0 Å². The predicted molar refractivity (Wildman–Crippen MR) is 44.3 cm³/mol. The summed E-state index contributed by atoms with van der Waals surface area (Å²) in [6.07, 6.45) is 6.14. The Morgan fingerprint density at radius 3 is 3.25 bits per heavy atom. The minimum Gasteiger partial charge on any atom is -0.463 e. The van der Waals surface area contributed by atoms with Gasteiger partial charge >= 0.3 is 5.97 Å². The molecule has 4 heteroatoms. The van der Waals surface area contributed by atoms with Crippen LogP contribution < -0.4 is 0 Å². The van der Waals surface area contributed by atoms with Crippen LogP contribution in [0.15, 0.2) is 18.6 Å². The van der Waals surface area contributed by atoms with E-state index >= 15 is 0 Å². The molecule has 1 rings (SSSR count). The van der Waals surface area contributed by atoms with Crippen LogP contribution in [0.4, 0.5) is 0 Å². The fourth-order valence-corrected chi connectivity index (χ4v) is 0.706. The van der Waals surface area contributed by atoms with E-state index in [2.05, 4.69) is 14.7 Å². The molecule has 0 aromatic carbocycles. The van der Waals surface area contributed by atoms with Crippen LogP contribution in [0.3, 0.4) is 0 Å². The molecule has 12 heavy (non-hydrogen) atoms. The third kappa shape index (κ3) is 2.57. The van der Waals surface area contributed by atoms with Gasteiger partial charge in [0.25, 0.3) is 0 Å². The zero-order valence-electron chi connectivity index (χ0n) is 6.78. The molecule has 0 saturated carbocycles. The van der Waals surface area contributed by atoms with Crippen molar-refractivity contribution < 1.29 is 9.53 Å². The SMILES string of the molecule is CCOC(=O)C=Cc1cnc[nH]1. The lowest BCUT2D eigenvalue weighted by atomic mass is 10.4. The van der Waals surface area contributed by atoms with Crippen molar-refractivity contribution in [1.82, 2.24) is 9.97 Å². The Hall–Kier alpha value is -1.58. The number of hydrogen-bond donors (Lipinski definition) is 1. The van der Waals surface area contributed by atoms with Gasteiger partial charge in [-0.25, -0.2) is 9.78 Å². The van der Waals surface area contributed by atoms with Crippen molar-refractivity contribution in [2.24, 2.45) is 0 Å². The number of imidazole rings is 1. The normalized spacial score (nSPS) is 10.4. The van der Waals surface area contributed by atoms with Gasteiger partial charge < -0.3 is 9.72 Å². The van der Waals surface area contributed by atoms with Gasteiger partial charge in [0.05, 0.1) is 24.8 Å². The molecule has 0 atom stereocenters. The van der Waals surface area contributed by atoms with Crippen molar-refractivity contribution in [3.05, 3.63) is 24.3 Å². The summed E-state index contributed by atoms with van der Waals surface area (Å²) in [5.41, 5.74) is 0.781. The zero-order valence-corrected chi connectivity index (χ0v) is 6.78. The van der Waals surface area contributed by atoms with Crippen LogP contribution in [0.1, 0.15) is 12.6 Å². The maximum atomic E-state index is 10.8. The van der Waals surface area contributed by atoms with Crippen molar-refractivity contribution >= 4 is 12.0 Å². The lowest BCUT2D eigenvalue weighted by Crippen LogP contribution is -1.98. The average molecular weight is 166 g/mol. The summed E-state index contributed by atoms with van der Waals surface area (Å²) >= 11 is 0. The average Bonchev–Trinajstić information content (AvgIpc) is 2.53. The maximum absolute atomic E-state index is 10.8. The molecule has 0 spiro atoms. The first kappa shape index (κ1) is 8.52. The van der Waals surface area contributed by atoms with E-state index in [0.29, 0.717) is 6.61 Å². The smallest absolute Gasteiger partial charge is 0.330 e. The molecule has 1 N–H and O–H groups in total. The number of aromatic amines is 1. The summed E-state index contributed by atoms with van der Waals surface area (Å²) in [4.78, 5) is 17.4. The minimum atomic E-state index is -0.341. The van der Waals surface area contributed by atoms with Crippen LogP contribution in [0.25, 0.3) is 6.08 Å². The molecule has 0 radical (unpaired) electrons. The van der Waals surface area contributed by atoms with Crippen LogP contribution in [-0.2, 0) is 9.53 Å². The fraction of sp³-hybridized carbons (Fsp3) is 0.250. The summed E-state index contributed by atoms with van der Waals surface area (Å²) < 4.78 is 4.68. The second-order valence-corrected chi connectivity index (χ2v) is 2.09. The highest BCUT2D eigenvalue weighted by Crippen LogP contribution is 1.94. The fourth-order valence-electron chi connectivity index (χ4n) is 0.706. The van der Waals surface area contributed by atoms with E-state index in [1.807, 2.05) is 0 Å². The maximum Gasteiger partial charge on any atom is 0.330 e. The van der Waals surface area contributed by atoms with E-state index in [-0.39, 0.29) is 5.97 Å². The molecule has 0 fully saturated rings. The Bertz CT molecular complexity index is 265. The van der Waals surface area contributed by atoms with Crippen molar-refractivity contribution in [2.75, 3.05) is 6.61 Å². The summed E-state index contributed by atoms with van der Waals surface area (Å²) in [7, 11) is 0. The van der Waals surface area contributed by atoms with Crippen LogP contribution in [0.5, 0.6) is 0 Å². The number of carbonyl (C=O) groups excluding carboxylic acids is 1. The van der Waals surface area contributed by atoms with Crippen LogP contribution in [-0.4, -0.2) is 22.5 Å². The van der Waals surface area contributed by atoms with Gasteiger partial charge in [-0.15, -0.1) is 0 Å². The lowest BCUT2D eigenvalue weighted by molar-refractivity contribution is -0.137. The number of carbonyl (C=O) groups is 1. The molecular weight excluding hydrogens is 156 g/mol. The van der Waals surface area contributed by atoms with Crippen molar-refractivity contribution in [3.63, 3.8) is 0 Å². The molecule has 1 aromatic heterocycles. The predicted octanol–water partition coefficient (Wildman–Crippen LogP) is 0.986. The number of esters is 1. The molecule has 0 aliphatic heterocycles. The van der Waals surface area contributed by atoms with Crippen molar-refractivity contribution in [1.29, 1.82) is 0 Å². The van der Waals surface area contributed by atoms with Gasteiger partial charge in [0, 0.05) is 6.08 Å². The van der Waals surface area contributed by atoms with E-state index in [1.54, 1.807) is 25.5 Å².